The second kappa shape index (κ2) is 10.6. The Labute approximate surface area is 188 Å². The van der Waals surface area contributed by atoms with Crippen LogP contribution in [0, 0.1) is 6.92 Å². The van der Waals surface area contributed by atoms with E-state index in [1.165, 1.54) is 23.8 Å². The fourth-order valence-electron chi connectivity index (χ4n) is 2.40. The van der Waals surface area contributed by atoms with Crippen molar-refractivity contribution in [3.63, 3.8) is 0 Å². The number of pyridine rings is 1. The van der Waals surface area contributed by atoms with Gasteiger partial charge in [0.1, 0.15) is 12.4 Å². The van der Waals surface area contributed by atoms with Gasteiger partial charge in [0.2, 0.25) is 0 Å². The minimum atomic E-state index is -5.15. The molecule has 0 unspecified atom stereocenters. The predicted molar refractivity (Wildman–Crippen MR) is 105 cm³/mol. The minimum absolute atomic E-state index is 0.0109. The molecule has 0 aliphatic rings. The lowest BCUT2D eigenvalue weighted by Gasteiger charge is -2.15. The molecule has 7 nitrogen and oxygen atoms in total. The quantitative estimate of drug-likeness (QED) is 0.404. The number of aromatic nitrogens is 1. The summed E-state index contributed by atoms with van der Waals surface area (Å²) in [7, 11) is 0. The van der Waals surface area contributed by atoms with Crippen LogP contribution in [0.3, 0.4) is 0 Å². The summed E-state index contributed by atoms with van der Waals surface area (Å²) in [6.07, 6.45) is -6.53. The molecule has 1 heterocycles. The van der Waals surface area contributed by atoms with Crippen molar-refractivity contribution in [3.05, 3.63) is 45.7 Å². The Morgan fingerprint density at radius 3 is 2.44 bits per heavy atom. The molecule has 0 spiro atoms. The third-order valence-electron chi connectivity index (χ3n) is 3.82. The van der Waals surface area contributed by atoms with Crippen molar-refractivity contribution in [2.75, 3.05) is 6.61 Å². The Morgan fingerprint density at radius 1 is 1.16 bits per heavy atom. The van der Waals surface area contributed by atoms with E-state index in [2.05, 4.69) is 10.3 Å². The highest BCUT2D eigenvalue weighted by Gasteiger charge is 2.38. The van der Waals surface area contributed by atoms with Gasteiger partial charge >= 0.3 is 18.1 Å². The number of halogens is 7. The summed E-state index contributed by atoms with van der Waals surface area (Å²) < 4.78 is 66.5. The molecule has 3 amide bonds. The van der Waals surface area contributed by atoms with Gasteiger partial charge in [0.15, 0.2) is 0 Å². The number of carbonyl (C=O) groups excluding carboxylic acids is 2. The minimum Gasteiger partial charge on any atom is -0.485 e. The van der Waals surface area contributed by atoms with Gasteiger partial charge < -0.3 is 10.1 Å². The normalized spacial score (nSPS) is 11.3. The van der Waals surface area contributed by atoms with E-state index in [4.69, 9.17) is 27.9 Å². The molecule has 2 aromatic rings. The molecule has 3 N–H and O–H groups in total. The van der Waals surface area contributed by atoms with Gasteiger partial charge in [0.05, 0.1) is 17.3 Å². The molecule has 0 aliphatic carbocycles. The first-order chi connectivity index (χ1) is 14.9. The Bertz CT molecular complexity index is 1010. The van der Waals surface area contributed by atoms with Crippen LogP contribution in [0.2, 0.25) is 10.0 Å². The maximum absolute atomic E-state index is 12.6. The van der Waals surface area contributed by atoms with Crippen molar-refractivity contribution in [1.82, 2.24) is 21.2 Å². The number of rotatable bonds is 6. The molecular formula is C18H15Cl2F5N4O3. The van der Waals surface area contributed by atoms with Gasteiger partial charge in [-0.3, -0.25) is 15.2 Å². The lowest BCUT2D eigenvalue weighted by atomic mass is 10.0. The van der Waals surface area contributed by atoms with Gasteiger partial charge in [-0.1, -0.05) is 23.2 Å². The average Bonchev–Trinajstić information content (AvgIpc) is 2.68. The zero-order valence-corrected chi connectivity index (χ0v) is 17.6. The van der Waals surface area contributed by atoms with Gasteiger partial charge in [0, 0.05) is 22.3 Å². The van der Waals surface area contributed by atoms with Gasteiger partial charge in [0.25, 0.3) is 6.43 Å². The van der Waals surface area contributed by atoms with E-state index in [1.54, 1.807) is 18.4 Å². The number of hydrazine groups is 1. The lowest BCUT2D eigenvalue weighted by Crippen LogP contribution is -2.51. The third kappa shape index (κ3) is 7.09. The number of ether oxygens (including phenoxy) is 1. The van der Waals surface area contributed by atoms with E-state index < -0.39 is 31.1 Å². The van der Waals surface area contributed by atoms with Crippen LogP contribution in [0.15, 0.2) is 24.4 Å². The summed E-state index contributed by atoms with van der Waals surface area (Å²) in [6.45, 7) is 0.552. The maximum atomic E-state index is 12.6. The smallest absolute Gasteiger partial charge is 0.472 e. The summed E-state index contributed by atoms with van der Waals surface area (Å²) in [6, 6.07) is 3.30. The Morgan fingerprint density at radius 2 is 1.84 bits per heavy atom. The first-order valence-electron chi connectivity index (χ1n) is 8.65. The van der Waals surface area contributed by atoms with Crippen LogP contribution < -0.4 is 20.9 Å². The van der Waals surface area contributed by atoms with Crippen molar-refractivity contribution in [1.29, 1.82) is 0 Å². The molecular weight excluding hydrogens is 486 g/mol. The van der Waals surface area contributed by atoms with E-state index >= 15 is 0 Å². The molecule has 174 valence electrons. The monoisotopic (exact) mass is 500 g/mol. The molecule has 0 bridgehead atoms. The van der Waals surface area contributed by atoms with Crippen LogP contribution >= 0.6 is 23.2 Å². The van der Waals surface area contributed by atoms with Crippen LogP contribution in [-0.2, 0) is 11.3 Å². The number of benzene rings is 1. The molecule has 0 fully saturated rings. The van der Waals surface area contributed by atoms with Crippen molar-refractivity contribution in [2.24, 2.45) is 0 Å². The molecule has 2 rings (SSSR count). The zero-order valence-electron chi connectivity index (χ0n) is 16.1. The molecule has 0 saturated heterocycles. The fraction of sp³-hybridized carbons (Fsp3) is 0.278. The molecule has 32 heavy (non-hydrogen) atoms. The van der Waals surface area contributed by atoms with Crippen molar-refractivity contribution in [2.45, 2.75) is 26.1 Å². The number of alkyl halides is 5. The van der Waals surface area contributed by atoms with E-state index in [1.807, 2.05) is 0 Å². The number of carbonyl (C=O) groups is 2. The summed E-state index contributed by atoms with van der Waals surface area (Å²) in [5, 5.41) is 2.48. The van der Waals surface area contributed by atoms with E-state index in [-0.39, 0.29) is 22.3 Å². The van der Waals surface area contributed by atoms with Crippen LogP contribution in [0.4, 0.5) is 26.7 Å². The molecule has 14 heteroatoms. The van der Waals surface area contributed by atoms with E-state index in [0.29, 0.717) is 22.4 Å². The number of urea groups is 1. The number of hydrogen-bond donors (Lipinski definition) is 3. The first kappa shape index (κ1) is 25.4. The standard InChI is InChI=1S/C18H15Cl2F5N4O3/c1-8-2-9(11-3-10(19)4-12(20)15(11)32-7-14(21)22)5-26-13(8)6-27-17(31)29-28-16(30)18(23,24)25/h2-5,14H,6-7H2,1H3,(H,28,30)(H2,27,29,31). The largest absolute Gasteiger partial charge is 0.485 e. The lowest BCUT2D eigenvalue weighted by molar-refractivity contribution is -0.174. The maximum Gasteiger partial charge on any atom is 0.472 e. The predicted octanol–water partition coefficient (Wildman–Crippen LogP) is 4.40. The van der Waals surface area contributed by atoms with Gasteiger partial charge in [-0.2, -0.15) is 13.2 Å². The van der Waals surface area contributed by atoms with Crippen LogP contribution in [0.5, 0.6) is 5.75 Å². The second-order valence-corrected chi connectivity index (χ2v) is 7.06. The average molecular weight is 501 g/mol. The van der Waals surface area contributed by atoms with Crippen molar-refractivity contribution >= 4 is 35.1 Å². The van der Waals surface area contributed by atoms with E-state index in [9.17, 15) is 31.5 Å². The molecule has 0 aliphatic heterocycles. The second-order valence-electron chi connectivity index (χ2n) is 6.21. The van der Waals surface area contributed by atoms with Crippen LogP contribution in [0.25, 0.3) is 11.1 Å². The van der Waals surface area contributed by atoms with Gasteiger partial charge in [-0.15, -0.1) is 0 Å². The van der Waals surface area contributed by atoms with Crippen molar-refractivity contribution in [3.8, 4) is 16.9 Å². The summed E-state index contributed by atoms with van der Waals surface area (Å²) >= 11 is 12.1. The van der Waals surface area contributed by atoms with Gasteiger partial charge in [-0.25, -0.2) is 19.0 Å². The number of nitrogens with zero attached hydrogens (tertiary/aromatic N) is 1. The first-order valence-corrected chi connectivity index (χ1v) is 9.41. The molecule has 1 aromatic carbocycles. The number of nitrogens with one attached hydrogen (secondary N) is 3. The number of amides is 3. The number of aryl methyl sites for hydroxylation is 1. The SMILES string of the molecule is Cc1cc(-c2cc(Cl)cc(Cl)c2OCC(F)F)cnc1CNC(=O)NNC(=O)C(F)(F)F. The topological polar surface area (TPSA) is 92.3 Å². The highest BCUT2D eigenvalue weighted by molar-refractivity contribution is 6.36. The number of hydrogen-bond acceptors (Lipinski definition) is 4. The highest BCUT2D eigenvalue weighted by atomic mass is 35.5. The third-order valence-corrected chi connectivity index (χ3v) is 4.32. The summed E-state index contributed by atoms with van der Waals surface area (Å²) in [5.41, 5.74) is 4.38. The summed E-state index contributed by atoms with van der Waals surface area (Å²) in [5.74, 6) is -2.35. The van der Waals surface area contributed by atoms with Gasteiger partial charge in [-0.05, 0) is 30.7 Å². The molecule has 0 atom stereocenters. The molecule has 0 saturated carbocycles. The van der Waals surface area contributed by atoms with Crippen molar-refractivity contribution < 1.29 is 36.3 Å². The zero-order chi connectivity index (χ0) is 24.1. The Balaban J connectivity index is 2.12. The van der Waals surface area contributed by atoms with Crippen LogP contribution in [0.1, 0.15) is 11.3 Å². The Kier molecular flexibility index (Phi) is 8.44. The van der Waals surface area contributed by atoms with E-state index in [0.717, 1.165) is 0 Å². The fourth-order valence-corrected chi connectivity index (χ4v) is 2.94. The highest BCUT2D eigenvalue weighted by Crippen LogP contribution is 2.39. The Hall–Kier alpha value is -2.86. The summed E-state index contributed by atoms with van der Waals surface area (Å²) in [4.78, 5) is 26.4. The molecule has 1 aromatic heterocycles. The van der Waals surface area contributed by atoms with Crippen LogP contribution in [-0.4, -0.2) is 36.1 Å². The molecule has 0 radical (unpaired) electrons.